The fraction of sp³-hybridized carbons (Fsp3) is 0.278. The average Bonchev–Trinajstić information content (AvgIpc) is 2.60. The van der Waals surface area contributed by atoms with Gasteiger partial charge in [0.05, 0.1) is 32.0 Å². The van der Waals surface area contributed by atoms with E-state index in [0.717, 1.165) is 5.56 Å². The van der Waals surface area contributed by atoms with Gasteiger partial charge in [-0.2, -0.15) is 0 Å². The highest BCUT2D eigenvalue weighted by Gasteiger charge is 2.10. The van der Waals surface area contributed by atoms with Crippen LogP contribution in [0.2, 0.25) is 5.02 Å². The summed E-state index contributed by atoms with van der Waals surface area (Å²) in [6, 6.07) is 10.7. The molecule has 0 bridgehead atoms. The first-order valence-electron chi connectivity index (χ1n) is 7.41. The first-order valence-corrected chi connectivity index (χ1v) is 7.79. The minimum absolute atomic E-state index is 0.106. The van der Waals surface area contributed by atoms with Crippen molar-refractivity contribution in [3.63, 3.8) is 0 Å². The molecule has 0 aromatic heterocycles. The monoisotopic (exact) mass is 349 g/mol. The topological polar surface area (TPSA) is 56.8 Å². The lowest BCUT2D eigenvalue weighted by Gasteiger charge is -2.12. The molecule has 6 heteroatoms. The van der Waals surface area contributed by atoms with E-state index in [-0.39, 0.29) is 5.91 Å². The van der Waals surface area contributed by atoms with Crippen LogP contribution in [0.25, 0.3) is 0 Å². The Bertz CT molecular complexity index is 718. The van der Waals surface area contributed by atoms with E-state index in [0.29, 0.717) is 40.8 Å². The van der Waals surface area contributed by atoms with E-state index >= 15 is 0 Å². The van der Waals surface area contributed by atoms with Crippen molar-refractivity contribution < 1.29 is 19.0 Å². The predicted molar refractivity (Wildman–Crippen MR) is 94.5 cm³/mol. The van der Waals surface area contributed by atoms with Gasteiger partial charge in [0.2, 0.25) is 5.91 Å². The van der Waals surface area contributed by atoms with E-state index in [2.05, 4.69) is 5.32 Å². The molecular formula is C18H20ClNO4. The van der Waals surface area contributed by atoms with Crippen molar-refractivity contribution in [1.29, 1.82) is 0 Å². The second-order valence-corrected chi connectivity index (χ2v) is 5.49. The number of halogens is 1. The molecule has 0 heterocycles. The molecule has 0 aliphatic rings. The molecule has 0 saturated heterocycles. The lowest BCUT2D eigenvalue weighted by Crippen LogP contribution is -2.13. The number of methoxy groups -OCH3 is 3. The Morgan fingerprint density at radius 2 is 1.75 bits per heavy atom. The van der Waals surface area contributed by atoms with Crippen LogP contribution in [-0.2, 0) is 11.2 Å². The van der Waals surface area contributed by atoms with E-state index in [1.54, 1.807) is 45.6 Å². The number of benzene rings is 2. The lowest BCUT2D eigenvalue weighted by atomic mass is 10.1. The highest BCUT2D eigenvalue weighted by Crippen LogP contribution is 2.29. The molecule has 0 fully saturated rings. The fourth-order valence-electron chi connectivity index (χ4n) is 2.24. The van der Waals surface area contributed by atoms with Crippen LogP contribution >= 0.6 is 11.6 Å². The molecule has 5 nitrogen and oxygen atoms in total. The van der Waals surface area contributed by atoms with E-state index in [1.807, 2.05) is 12.1 Å². The molecule has 2 aromatic carbocycles. The number of hydrogen-bond acceptors (Lipinski definition) is 4. The van der Waals surface area contributed by atoms with E-state index < -0.39 is 0 Å². The second kappa shape index (κ2) is 8.45. The van der Waals surface area contributed by atoms with E-state index in [1.165, 1.54) is 0 Å². The van der Waals surface area contributed by atoms with Gasteiger partial charge in [0, 0.05) is 12.5 Å². The van der Waals surface area contributed by atoms with Crippen molar-refractivity contribution in [2.24, 2.45) is 0 Å². The summed E-state index contributed by atoms with van der Waals surface area (Å²) in [7, 11) is 4.69. The van der Waals surface area contributed by atoms with Gasteiger partial charge in [0.25, 0.3) is 0 Å². The zero-order valence-corrected chi connectivity index (χ0v) is 14.6. The van der Waals surface area contributed by atoms with Gasteiger partial charge in [-0.15, -0.1) is 0 Å². The van der Waals surface area contributed by atoms with Crippen molar-refractivity contribution in [2.75, 3.05) is 26.6 Å². The first kappa shape index (κ1) is 17.9. The number of carbonyl (C=O) groups is 1. The van der Waals surface area contributed by atoms with Gasteiger partial charge in [-0.25, -0.2) is 0 Å². The normalized spacial score (nSPS) is 10.2. The van der Waals surface area contributed by atoms with Crippen LogP contribution in [0.3, 0.4) is 0 Å². The van der Waals surface area contributed by atoms with Crippen LogP contribution in [0.4, 0.5) is 5.69 Å². The summed E-state index contributed by atoms with van der Waals surface area (Å²) in [5.74, 6) is 1.73. The van der Waals surface area contributed by atoms with Crippen LogP contribution in [-0.4, -0.2) is 27.2 Å². The molecule has 128 valence electrons. The maximum absolute atomic E-state index is 12.2. The molecule has 0 unspecified atom stereocenters. The Morgan fingerprint density at radius 1 is 1.00 bits per heavy atom. The smallest absolute Gasteiger partial charge is 0.224 e. The first-order chi connectivity index (χ1) is 11.6. The van der Waals surface area contributed by atoms with Gasteiger partial charge < -0.3 is 19.5 Å². The molecule has 0 atom stereocenters. The van der Waals surface area contributed by atoms with Crippen LogP contribution < -0.4 is 19.5 Å². The van der Waals surface area contributed by atoms with Crippen LogP contribution in [0, 0.1) is 0 Å². The summed E-state index contributed by atoms with van der Waals surface area (Å²) < 4.78 is 15.5. The number of hydrogen-bond donors (Lipinski definition) is 1. The summed E-state index contributed by atoms with van der Waals surface area (Å²) in [5.41, 5.74) is 1.58. The quantitative estimate of drug-likeness (QED) is 0.822. The third kappa shape index (κ3) is 4.55. The molecule has 1 N–H and O–H groups in total. The average molecular weight is 350 g/mol. The van der Waals surface area contributed by atoms with E-state index in [9.17, 15) is 4.79 Å². The fourth-order valence-corrected chi connectivity index (χ4v) is 2.52. The maximum Gasteiger partial charge on any atom is 0.224 e. The molecule has 0 radical (unpaired) electrons. The molecule has 1 amide bonds. The van der Waals surface area contributed by atoms with Crippen LogP contribution in [0.5, 0.6) is 17.2 Å². The Kier molecular flexibility index (Phi) is 6.32. The van der Waals surface area contributed by atoms with Gasteiger partial charge in [-0.05, 0) is 36.2 Å². The summed E-state index contributed by atoms with van der Waals surface area (Å²) >= 11 is 6.09. The molecule has 24 heavy (non-hydrogen) atoms. The standard InChI is InChI=1S/C18H20ClNO4/c1-22-13-6-7-15(17(11-13)24-3)20-18(21)9-5-12-4-8-16(23-2)14(19)10-12/h4,6-8,10-11H,5,9H2,1-3H3,(H,20,21). The third-order valence-corrected chi connectivity index (χ3v) is 3.84. The number of aryl methyl sites for hydroxylation is 1. The Hall–Kier alpha value is -2.40. The minimum Gasteiger partial charge on any atom is -0.497 e. The van der Waals surface area contributed by atoms with Crippen molar-refractivity contribution in [2.45, 2.75) is 12.8 Å². The number of amides is 1. The number of ether oxygens (including phenoxy) is 3. The summed E-state index contributed by atoms with van der Waals surface area (Å²) in [4.78, 5) is 12.2. The predicted octanol–water partition coefficient (Wildman–Crippen LogP) is 3.94. The number of anilines is 1. The van der Waals surface area contributed by atoms with Gasteiger partial charge >= 0.3 is 0 Å². The number of nitrogens with one attached hydrogen (secondary N) is 1. The molecule has 2 aromatic rings. The third-order valence-electron chi connectivity index (χ3n) is 3.54. The van der Waals surface area contributed by atoms with E-state index in [4.69, 9.17) is 25.8 Å². The number of carbonyl (C=O) groups excluding carboxylic acids is 1. The zero-order chi connectivity index (χ0) is 17.5. The molecular weight excluding hydrogens is 330 g/mol. The highest BCUT2D eigenvalue weighted by molar-refractivity contribution is 6.32. The van der Waals surface area contributed by atoms with Gasteiger partial charge in [0.15, 0.2) is 0 Å². The van der Waals surface area contributed by atoms with Crippen LogP contribution in [0.1, 0.15) is 12.0 Å². The number of rotatable bonds is 7. The molecule has 2 rings (SSSR count). The molecule has 0 saturated carbocycles. The van der Waals surface area contributed by atoms with Gasteiger partial charge in [-0.3, -0.25) is 4.79 Å². The lowest BCUT2D eigenvalue weighted by molar-refractivity contribution is -0.116. The maximum atomic E-state index is 12.2. The van der Waals surface area contributed by atoms with Crippen molar-refractivity contribution >= 4 is 23.2 Å². The van der Waals surface area contributed by atoms with Crippen LogP contribution in [0.15, 0.2) is 36.4 Å². The zero-order valence-electron chi connectivity index (χ0n) is 13.9. The van der Waals surface area contributed by atoms with Crippen molar-refractivity contribution in [3.8, 4) is 17.2 Å². The van der Waals surface area contributed by atoms with Gasteiger partial charge in [-0.1, -0.05) is 17.7 Å². The summed E-state index contributed by atoms with van der Waals surface area (Å²) in [6.45, 7) is 0. The SMILES string of the molecule is COc1ccc(NC(=O)CCc2ccc(OC)c(Cl)c2)c(OC)c1. The largest absolute Gasteiger partial charge is 0.497 e. The summed E-state index contributed by atoms with van der Waals surface area (Å²) in [5, 5.41) is 3.38. The van der Waals surface area contributed by atoms with Crippen molar-refractivity contribution in [3.05, 3.63) is 47.0 Å². The Balaban J connectivity index is 1.97. The molecule has 0 aliphatic carbocycles. The minimum atomic E-state index is -0.106. The van der Waals surface area contributed by atoms with Gasteiger partial charge in [0.1, 0.15) is 17.2 Å². The highest BCUT2D eigenvalue weighted by atomic mass is 35.5. The summed E-state index contributed by atoms with van der Waals surface area (Å²) in [6.07, 6.45) is 0.909. The molecule has 0 aliphatic heterocycles. The Morgan fingerprint density at radius 3 is 2.38 bits per heavy atom. The Labute approximate surface area is 146 Å². The molecule has 0 spiro atoms. The van der Waals surface area contributed by atoms with Crippen molar-refractivity contribution in [1.82, 2.24) is 0 Å². The second-order valence-electron chi connectivity index (χ2n) is 5.08.